The number of hydrogen-bond acceptors (Lipinski definition) is 4. The van der Waals surface area contributed by atoms with Crippen LogP contribution in [0.1, 0.15) is 34.5 Å². The quantitative estimate of drug-likeness (QED) is 0.882. The molecular weight excluding hydrogens is 340 g/mol. The van der Waals surface area contributed by atoms with Gasteiger partial charge in [0.2, 0.25) is 0 Å². The van der Waals surface area contributed by atoms with Crippen molar-refractivity contribution in [1.29, 1.82) is 0 Å². The van der Waals surface area contributed by atoms with Crippen LogP contribution >= 0.6 is 11.6 Å². The Morgan fingerprint density at radius 3 is 3.00 bits per heavy atom. The minimum Gasteiger partial charge on any atom is -0.334 e. The third-order valence-electron chi connectivity index (χ3n) is 3.83. The number of benzene rings is 1. The summed E-state index contributed by atoms with van der Waals surface area (Å²) in [6, 6.07) is 3.57. The lowest BCUT2D eigenvalue weighted by Gasteiger charge is -2.16. The van der Waals surface area contributed by atoms with Crippen molar-refractivity contribution in [1.82, 2.24) is 25.4 Å². The Hall–Kier alpha value is -2.06. The van der Waals surface area contributed by atoms with Gasteiger partial charge in [0.1, 0.15) is 17.8 Å². The third kappa shape index (κ3) is 3.54. The van der Waals surface area contributed by atoms with E-state index in [9.17, 15) is 13.6 Å². The van der Waals surface area contributed by atoms with Gasteiger partial charge in [0.25, 0.3) is 5.91 Å². The van der Waals surface area contributed by atoms with Crippen LogP contribution in [-0.4, -0.2) is 45.8 Å². The third-order valence-corrected chi connectivity index (χ3v) is 4.07. The number of H-pyrrole nitrogens is 1. The van der Waals surface area contributed by atoms with Crippen molar-refractivity contribution in [2.45, 2.75) is 25.2 Å². The van der Waals surface area contributed by atoms with Gasteiger partial charge in [-0.05, 0) is 18.2 Å². The van der Waals surface area contributed by atoms with Crippen LogP contribution in [0.5, 0.6) is 0 Å². The molecule has 0 unspecified atom stereocenters. The molecule has 128 valence electrons. The molecule has 2 N–H and O–H groups in total. The van der Waals surface area contributed by atoms with Crippen molar-refractivity contribution < 1.29 is 13.6 Å². The first kappa shape index (κ1) is 16.8. The van der Waals surface area contributed by atoms with Gasteiger partial charge in [-0.2, -0.15) is 5.10 Å². The van der Waals surface area contributed by atoms with Gasteiger partial charge in [-0.1, -0.05) is 11.6 Å². The first-order chi connectivity index (χ1) is 11.4. The van der Waals surface area contributed by atoms with E-state index in [-0.39, 0.29) is 29.7 Å². The highest BCUT2D eigenvalue weighted by atomic mass is 35.5. The van der Waals surface area contributed by atoms with Crippen molar-refractivity contribution in [3.05, 3.63) is 46.3 Å². The molecular formula is C15H16ClF2N5O. The van der Waals surface area contributed by atoms with E-state index in [0.29, 0.717) is 18.1 Å². The summed E-state index contributed by atoms with van der Waals surface area (Å²) in [5.41, 5.74) is -0.109. The normalized spacial score (nSPS) is 20.3. The molecule has 0 aliphatic carbocycles. The number of aromatic amines is 1. The Kier molecular flexibility index (Phi) is 4.77. The van der Waals surface area contributed by atoms with Crippen LogP contribution in [0.25, 0.3) is 0 Å². The standard InChI is InChI=1S/C15H16ClF2N5O/c1-23(15(24)10-4-8(16)2-3-11(10)18)7-13-20-14(22-21-13)12-5-9(17)6-19-12/h2-4,9,12,19H,5-7H2,1H3,(H,20,21,22)/t9-,12+/m0/s1. The predicted octanol–water partition coefficient (Wildman–Crippen LogP) is 2.24. The number of carbonyl (C=O) groups is 1. The summed E-state index contributed by atoms with van der Waals surface area (Å²) in [4.78, 5) is 17.9. The molecule has 0 saturated carbocycles. The van der Waals surface area contributed by atoms with Crippen LogP contribution in [0.15, 0.2) is 18.2 Å². The number of halogens is 3. The molecule has 6 nitrogen and oxygen atoms in total. The molecule has 1 saturated heterocycles. The zero-order valence-corrected chi connectivity index (χ0v) is 13.6. The van der Waals surface area contributed by atoms with E-state index < -0.39 is 17.9 Å². The van der Waals surface area contributed by atoms with E-state index in [4.69, 9.17) is 11.6 Å². The summed E-state index contributed by atoms with van der Waals surface area (Å²) in [5, 5.41) is 10.0. The van der Waals surface area contributed by atoms with Gasteiger partial charge < -0.3 is 10.2 Å². The van der Waals surface area contributed by atoms with E-state index in [1.165, 1.54) is 24.1 Å². The zero-order chi connectivity index (χ0) is 17.3. The number of hydrogen-bond donors (Lipinski definition) is 2. The molecule has 2 aromatic rings. The Morgan fingerprint density at radius 1 is 1.50 bits per heavy atom. The van der Waals surface area contributed by atoms with Crippen LogP contribution in [-0.2, 0) is 6.54 Å². The summed E-state index contributed by atoms with van der Waals surface area (Å²) in [5.74, 6) is -0.262. The number of amides is 1. The van der Waals surface area contributed by atoms with Crippen molar-refractivity contribution in [3.63, 3.8) is 0 Å². The molecule has 1 amide bonds. The maximum atomic E-state index is 13.8. The van der Waals surface area contributed by atoms with Crippen molar-refractivity contribution in [2.24, 2.45) is 0 Å². The number of rotatable bonds is 4. The molecule has 1 aliphatic rings. The van der Waals surface area contributed by atoms with Crippen LogP contribution in [0.4, 0.5) is 8.78 Å². The summed E-state index contributed by atoms with van der Waals surface area (Å²) >= 11 is 5.81. The molecule has 24 heavy (non-hydrogen) atoms. The fourth-order valence-corrected chi connectivity index (χ4v) is 2.76. The number of aromatic nitrogens is 3. The maximum absolute atomic E-state index is 13.8. The highest BCUT2D eigenvalue weighted by molar-refractivity contribution is 6.30. The summed E-state index contributed by atoms with van der Waals surface area (Å²) < 4.78 is 27.0. The number of nitrogens with zero attached hydrogens (tertiary/aromatic N) is 3. The summed E-state index contributed by atoms with van der Waals surface area (Å²) in [6.07, 6.45) is -0.591. The monoisotopic (exact) mass is 355 g/mol. The first-order valence-electron chi connectivity index (χ1n) is 7.43. The molecule has 1 aromatic heterocycles. The van der Waals surface area contributed by atoms with E-state index >= 15 is 0 Å². The second-order valence-corrected chi connectivity index (χ2v) is 6.16. The molecule has 0 bridgehead atoms. The Balaban J connectivity index is 1.68. The van der Waals surface area contributed by atoms with Gasteiger partial charge in [-0.15, -0.1) is 0 Å². The second-order valence-electron chi connectivity index (χ2n) is 5.72. The van der Waals surface area contributed by atoms with E-state index in [2.05, 4.69) is 20.5 Å². The lowest BCUT2D eigenvalue weighted by molar-refractivity contribution is 0.0777. The molecule has 2 heterocycles. The topological polar surface area (TPSA) is 73.9 Å². The van der Waals surface area contributed by atoms with Gasteiger partial charge in [0, 0.05) is 25.0 Å². The molecule has 0 spiro atoms. The summed E-state index contributed by atoms with van der Waals surface area (Å²) in [7, 11) is 1.52. The molecule has 9 heteroatoms. The summed E-state index contributed by atoms with van der Waals surface area (Å²) in [6.45, 7) is 0.393. The molecule has 3 rings (SSSR count). The van der Waals surface area contributed by atoms with Gasteiger partial charge in [-0.3, -0.25) is 9.89 Å². The highest BCUT2D eigenvalue weighted by Crippen LogP contribution is 2.22. The van der Waals surface area contributed by atoms with E-state index in [1.807, 2.05) is 0 Å². The van der Waals surface area contributed by atoms with Crippen molar-refractivity contribution >= 4 is 17.5 Å². The molecule has 0 radical (unpaired) electrons. The van der Waals surface area contributed by atoms with Gasteiger partial charge in [0.15, 0.2) is 5.82 Å². The van der Waals surface area contributed by atoms with Gasteiger partial charge in [-0.25, -0.2) is 13.8 Å². The average molecular weight is 356 g/mol. The fourth-order valence-electron chi connectivity index (χ4n) is 2.59. The predicted molar refractivity (Wildman–Crippen MR) is 83.8 cm³/mol. The van der Waals surface area contributed by atoms with Gasteiger partial charge >= 0.3 is 0 Å². The molecule has 2 atom stereocenters. The highest BCUT2D eigenvalue weighted by Gasteiger charge is 2.28. The average Bonchev–Trinajstić information content (AvgIpc) is 3.18. The van der Waals surface area contributed by atoms with Gasteiger partial charge in [0.05, 0.1) is 18.2 Å². The lowest BCUT2D eigenvalue weighted by atomic mass is 10.2. The van der Waals surface area contributed by atoms with Crippen molar-refractivity contribution in [3.8, 4) is 0 Å². The lowest BCUT2D eigenvalue weighted by Crippen LogP contribution is -2.27. The van der Waals surface area contributed by atoms with Crippen LogP contribution < -0.4 is 5.32 Å². The second kappa shape index (κ2) is 6.82. The Bertz CT molecular complexity index is 753. The fraction of sp³-hybridized carbons (Fsp3) is 0.400. The Labute approximate surface area is 142 Å². The largest absolute Gasteiger partial charge is 0.334 e. The van der Waals surface area contributed by atoms with Crippen LogP contribution in [0.3, 0.4) is 0 Å². The number of nitrogens with one attached hydrogen (secondary N) is 2. The minimum absolute atomic E-state index is 0.109. The van der Waals surface area contributed by atoms with E-state index in [0.717, 1.165) is 6.07 Å². The smallest absolute Gasteiger partial charge is 0.257 e. The SMILES string of the molecule is CN(Cc1nc([C@H]2C[C@H](F)CN2)n[nH]1)C(=O)c1cc(Cl)ccc1F. The van der Waals surface area contributed by atoms with Crippen LogP contribution in [0, 0.1) is 5.82 Å². The Morgan fingerprint density at radius 2 is 2.29 bits per heavy atom. The number of carbonyl (C=O) groups excluding carboxylic acids is 1. The molecule has 1 fully saturated rings. The van der Waals surface area contributed by atoms with Crippen molar-refractivity contribution in [2.75, 3.05) is 13.6 Å². The van der Waals surface area contributed by atoms with Crippen LogP contribution in [0.2, 0.25) is 5.02 Å². The van der Waals surface area contributed by atoms with E-state index in [1.54, 1.807) is 0 Å². The molecule has 1 aliphatic heterocycles. The molecule has 1 aromatic carbocycles. The number of alkyl halides is 1. The maximum Gasteiger partial charge on any atom is 0.257 e. The zero-order valence-electron chi connectivity index (χ0n) is 12.9. The minimum atomic E-state index is -0.910. The first-order valence-corrected chi connectivity index (χ1v) is 7.81.